The van der Waals surface area contributed by atoms with Crippen LogP contribution in [0.5, 0.6) is 0 Å². The highest BCUT2D eigenvalue weighted by Gasteiger charge is 2.43. The van der Waals surface area contributed by atoms with E-state index in [1.165, 1.54) is 0 Å². The van der Waals surface area contributed by atoms with Gasteiger partial charge in [-0.2, -0.15) is 0 Å². The Morgan fingerprint density at radius 2 is 2.30 bits per heavy atom. The van der Waals surface area contributed by atoms with Crippen LogP contribution in [-0.2, 0) is 0 Å². The van der Waals surface area contributed by atoms with E-state index < -0.39 is 6.29 Å². The third kappa shape index (κ3) is 2.70. The molecule has 1 fully saturated rings. The first-order valence-electron chi connectivity index (χ1n) is 6.21. The standard InChI is InChI=1S/C11H16N4O2S3/c1-5-13-14-11(20-5)19-4-6-3-18-9-7(12)2-15(9)8(6)10(16)17/h7,9-10,16-17H,2-4,12H2,1H3/t7-,9?/m1/s1. The summed E-state index contributed by atoms with van der Waals surface area (Å²) in [6, 6.07) is 0.119. The SMILES string of the molecule is Cc1nnc(SCC2=C(C(O)O)N3C[C@@H](N)C3SC2)s1. The summed E-state index contributed by atoms with van der Waals surface area (Å²) in [4.78, 5) is 2.00. The van der Waals surface area contributed by atoms with Crippen LogP contribution in [0.2, 0.25) is 0 Å². The van der Waals surface area contributed by atoms with Crippen molar-refractivity contribution in [2.75, 3.05) is 18.1 Å². The minimum absolute atomic E-state index is 0.119. The zero-order valence-corrected chi connectivity index (χ0v) is 13.3. The van der Waals surface area contributed by atoms with Gasteiger partial charge in [-0.1, -0.05) is 23.1 Å². The number of thioether (sulfide) groups is 2. The lowest BCUT2D eigenvalue weighted by atomic mass is 10.1. The molecular weight excluding hydrogens is 316 g/mol. The zero-order valence-electron chi connectivity index (χ0n) is 10.9. The average Bonchev–Trinajstić information content (AvgIpc) is 2.80. The predicted molar refractivity (Wildman–Crippen MR) is 81.5 cm³/mol. The molecule has 3 rings (SSSR count). The Morgan fingerprint density at radius 1 is 1.50 bits per heavy atom. The number of nitrogens with two attached hydrogens (primary N) is 1. The summed E-state index contributed by atoms with van der Waals surface area (Å²) in [6.45, 7) is 2.61. The number of aliphatic hydroxyl groups is 2. The average molecular weight is 332 g/mol. The number of aryl methyl sites for hydroxylation is 1. The van der Waals surface area contributed by atoms with Crippen molar-refractivity contribution >= 4 is 34.9 Å². The smallest absolute Gasteiger partial charge is 0.193 e. The lowest BCUT2D eigenvalue weighted by Crippen LogP contribution is -2.64. The second-order valence-electron chi connectivity index (χ2n) is 4.76. The Bertz CT molecular complexity index is 533. The van der Waals surface area contributed by atoms with Crippen LogP contribution in [0, 0.1) is 6.92 Å². The molecule has 1 aromatic heterocycles. The van der Waals surface area contributed by atoms with E-state index in [0.717, 1.165) is 20.7 Å². The first kappa shape index (κ1) is 14.6. The number of fused-ring (bicyclic) bond motifs is 1. The van der Waals surface area contributed by atoms with Crippen LogP contribution < -0.4 is 5.73 Å². The molecule has 0 bridgehead atoms. The predicted octanol–water partition coefficient (Wildman–Crippen LogP) is 0.219. The van der Waals surface area contributed by atoms with Crippen molar-refractivity contribution in [3.8, 4) is 0 Å². The Kier molecular flexibility index (Phi) is 4.25. The molecule has 0 amide bonds. The number of aliphatic hydroxyl groups excluding tert-OH is 1. The van der Waals surface area contributed by atoms with Crippen LogP contribution in [0.15, 0.2) is 15.6 Å². The summed E-state index contributed by atoms with van der Waals surface area (Å²) in [5.41, 5.74) is 7.61. The van der Waals surface area contributed by atoms with E-state index in [1.807, 2.05) is 11.8 Å². The molecule has 0 aliphatic carbocycles. The molecule has 110 valence electrons. The molecule has 2 atom stereocenters. The Morgan fingerprint density at radius 3 is 2.90 bits per heavy atom. The fraction of sp³-hybridized carbons (Fsp3) is 0.636. The molecule has 0 aromatic carbocycles. The van der Waals surface area contributed by atoms with Gasteiger partial charge in [-0.25, -0.2) is 0 Å². The second-order valence-corrected chi connectivity index (χ2v) is 8.27. The van der Waals surface area contributed by atoms with Gasteiger partial charge in [-0.05, 0) is 12.5 Å². The van der Waals surface area contributed by atoms with Crippen molar-refractivity contribution in [1.82, 2.24) is 15.1 Å². The highest BCUT2D eigenvalue weighted by molar-refractivity contribution is 8.01. The molecule has 20 heavy (non-hydrogen) atoms. The highest BCUT2D eigenvalue weighted by Crippen LogP contribution is 2.40. The second kappa shape index (κ2) is 5.82. The largest absolute Gasteiger partial charge is 0.363 e. The van der Waals surface area contributed by atoms with Gasteiger partial charge in [0.1, 0.15) is 5.01 Å². The van der Waals surface area contributed by atoms with Crippen molar-refractivity contribution in [3.63, 3.8) is 0 Å². The van der Waals surface area contributed by atoms with E-state index in [9.17, 15) is 10.2 Å². The van der Waals surface area contributed by atoms with Crippen LogP contribution >= 0.6 is 34.9 Å². The quantitative estimate of drug-likeness (QED) is 0.532. The normalized spacial score (nSPS) is 25.9. The third-order valence-electron chi connectivity index (χ3n) is 3.30. The van der Waals surface area contributed by atoms with Gasteiger partial charge in [-0.15, -0.1) is 22.0 Å². The first-order valence-corrected chi connectivity index (χ1v) is 9.06. The molecule has 2 aliphatic heterocycles. The zero-order chi connectivity index (χ0) is 14.3. The number of rotatable bonds is 4. The number of hydrogen-bond donors (Lipinski definition) is 3. The number of nitrogens with zero attached hydrogens (tertiary/aromatic N) is 3. The summed E-state index contributed by atoms with van der Waals surface area (Å²) in [5, 5.41) is 28.4. The minimum Gasteiger partial charge on any atom is -0.363 e. The van der Waals surface area contributed by atoms with Gasteiger partial charge in [0.25, 0.3) is 0 Å². The highest BCUT2D eigenvalue weighted by atomic mass is 32.2. The molecule has 6 nitrogen and oxygen atoms in total. The summed E-state index contributed by atoms with van der Waals surface area (Å²) in [5.74, 6) is 1.49. The maximum atomic E-state index is 9.63. The third-order valence-corrected chi connectivity index (χ3v) is 6.82. The van der Waals surface area contributed by atoms with Crippen LogP contribution in [0.3, 0.4) is 0 Å². The number of hydrogen-bond acceptors (Lipinski definition) is 9. The van der Waals surface area contributed by atoms with E-state index in [0.29, 0.717) is 18.0 Å². The van der Waals surface area contributed by atoms with Gasteiger partial charge >= 0.3 is 0 Å². The molecule has 9 heteroatoms. The molecule has 1 saturated heterocycles. The van der Waals surface area contributed by atoms with Crippen LogP contribution in [0.4, 0.5) is 0 Å². The van der Waals surface area contributed by atoms with Gasteiger partial charge < -0.3 is 20.8 Å². The fourth-order valence-electron chi connectivity index (χ4n) is 2.36. The van der Waals surface area contributed by atoms with E-state index in [1.54, 1.807) is 34.9 Å². The summed E-state index contributed by atoms with van der Waals surface area (Å²) in [7, 11) is 0. The molecular formula is C11H16N4O2S3. The Balaban J connectivity index is 1.73. The van der Waals surface area contributed by atoms with Gasteiger partial charge in [0.2, 0.25) is 0 Å². The van der Waals surface area contributed by atoms with Gasteiger partial charge in [0.15, 0.2) is 10.6 Å². The fourth-order valence-corrected chi connectivity index (χ4v) is 5.66. The van der Waals surface area contributed by atoms with Crippen LogP contribution in [0.1, 0.15) is 5.01 Å². The lowest BCUT2D eigenvalue weighted by molar-refractivity contribution is -0.0429. The van der Waals surface area contributed by atoms with E-state index in [4.69, 9.17) is 5.73 Å². The maximum Gasteiger partial charge on any atom is 0.193 e. The van der Waals surface area contributed by atoms with Crippen molar-refractivity contribution in [2.24, 2.45) is 5.73 Å². The molecule has 3 heterocycles. The molecule has 0 spiro atoms. The molecule has 4 N–H and O–H groups in total. The summed E-state index contributed by atoms with van der Waals surface area (Å²) in [6.07, 6.45) is -1.43. The topological polar surface area (TPSA) is 95.5 Å². The summed E-state index contributed by atoms with van der Waals surface area (Å²) >= 11 is 4.91. The van der Waals surface area contributed by atoms with Crippen molar-refractivity contribution in [2.45, 2.75) is 29.0 Å². The number of aromatic nitrogens is 2. The molecule has 0 saturated carbocycles. The minimum atomic E-state index is -1.43. The summed E-state index contributed by atoms with van der Waals surface area (Å²) < 4.78 is 0.911. The van der Waals surface area contributed by atoms with E-state index >= 15 is 0 Å². The molecule has 0 radical (unpaired) electrons. The van der Waals surface area contributed by atoms with Gasteiger partial charge in [0, 0.05) is 18.1 Å². The lowest BCUT2D eigenvalue weighted by Gasteiger charge is -2.52. The first-order chi connectivity index (χ1) is 9.56. The van der Waals surface area contributed by atoms with Crippen LogP contribution in [-0.4, -0.2) is 61.1 Å². The Labute approximate surface area is 129 Å². The molecule has 2 aliphatic rings. The Hall–Kier alpha value is -0.320. The van der Waals surface area contributed by atoms with Crippen molar-refractivity contribution in [1.29, 1.82) is 0 Å². The maximum absolute atomic E-state index is 9.63. The van der Waals surface area contributed by atoms with Crippen LogP contribution in [0.25, 0.3) is 0 Å². The molecule has 1 aromatic rings. The van der Waals surface area contributed by atoms with Gasteiger partial charge in [-0.3, -0.25) is 0 Å². The van der Waals surface area contributed by atoms with E-state index in [-0.39, 0.29) is 11.4 Å². The van der Waals surface area contributed by atoms with E-state index in [2.05, 4.69) is 10.2 Å². The monoisotopic (exact) mass is 332 g/mol. The van der Waals surface area contributed by atoms with Crippen molar-refractivity contribution in [3.05, 3.63) is 16.3 Å². The van der Waals surface area contributed by atoms with Gasteiger partial charge in [0.05, 0.1) is 17.1 Å². The molecule has 1 unspecified atom stereocenters. The van der Waals surface area contributed by atoms with Crippen molar-refractivity contribution < 1.29 is 10.2 Å².